The summed E-state index contributed by atoms with van der Waals surface area (Å²) in [7, 11) is 0. The zero-order chi connectivity index (χ0) is 13.7. The number of ether oxygens (including phenoxy) is 1. The van der Waals surface area contributed by atoms with Crippen LogP contribution in [0.5, 0.6) is 5.75 Å². The second-order valence-electron chi connectivity index (χ2n) is 3.22. The van der Waals surface area contributed by atoms with Crippen LogP contribution in [-0.4, -0.2) is 35.3 Å². The molecule has 0 bridgehead atoms. The monoisotopic (exact) mass is 293 g/mol. The number of carbonyl (C=O) groups excluding carboxylic acids is 1. The molecule has 8 heteroatoms. The summed E-state index contributed by atoms with van der Waals surface area (Å²) in [5, 5.41) is 20.0. The highest BCUT2D eigenvalue weighted by Gasteiger charge is 2.09. The van der Waals surface area contributed by atoms with E-state index in [0.717, 1.165) is 0 Å². The smallest absolute Gasteiger partial charge is 0.329 e. The van der Waals surface area contributed by atoms with E-state index in [2.05, 4.69) is 10.1 Å². The molecule has 0 aliphatic heterocycles. The average Bonchev–Trinajstić information content (AvgIpc) is 2.25. The summed E-state index contributed by atoms with van der Waals surface area (Å²) >= 11 is 11.3. The largest absolute Gasteiger partial charge is 0.505 e. The minimum Gasteiger partial charge on any atom is -0.505 e. The summed E-state index contributed by atoms with van der Waals surface area (Å²) in [5.74, 6) is -2.01. The van der Waals surface area contributed by atoms with Crippen molar-refractivity contribution in [1.82, 2.24) is 0 Å². The lowest BCUT2D eigenvalue weighted by Crippen LogP contribution is -2.20. The molecule has 1 rings (SSSR count). The van der Waals surface area contributed by atoms with Crippen LogP contribution in [0.3, 0.4) is 0 Å². The lowest BCUT2D eigenvalue weighted by Gasteiger charge is -2.07. The third-order valence-corrected chi connectivity index (χ3v) is 2.34. The number of carboxylic acid groups (broad SMARTS) is 1. The number of aromatic hydroxyl groups is 1. The molecule has 3 N–H and O–H groups in total. The fraction of sp³-hybridized carbons (Fsp3) is 0.200. The zero-order valence-corrected chi connectivity index (χ0v) is 10.5. The normalized spacial score (nSPS) is 10.1. The Hall–Kier alpha value is -1.50. The van der Waals surface area contributed by atoms with Crippen molar-refractivity contribution in [3.05, 3.63) is 22.2 Å². The van der Waals surface area contributed by atoms with Crippen LogP contribution in [0.15, 0.2) is 12.1 Å². The van der Waals surface area contributed by atoms with Crippen LogP contribution in [0.25, 0.3) is 0 Å². The lowest BCUT2D eigenvalue weighted by atomic mass is 10.3. The van der Waals surface area contributed by atoms with Gasteiger partial charge in [-0.25, -0.2) is 4.79 Å². The number of aliphatic carboxylic acids is 1. The van der Waals surface area contributed by atoms with Crippen molar-refractivity contribution in [1.29, 1.82) is 0 Å². The van der Waals surface area contributed by atoms with Gasteiger partial charge in [-0.05, 0) is 12.1 Å². The summed E-state index contributed by atoms with van der Waals surface area (Å²) < 4.78 is 4.59. The first-order chi connectivity index (χ1) is 8.40. The maximum Gasteiger partial charge on any atom is 0.329 e. The Kier molecular flexibility index (Phi) is 5.21. The zero-order valence-electron chi connectivity index (χ0n) is 8.94. The predicted octanol–water partition coefficient (Wildman–Crippen LogP) is 1.74. The minimum atomic E-state index is -1.17. The highest BCUT2D eigenvalue weighted by Crippen LogP contribution is 2.34. The Bertz CT molecular complexity index is 454. The van der Waals surface area contributed by atoms with E-state index in [9.17, 15) is 14.7 Å². The van der Waals surface area contributed by atoms with E-state index in [-0.39, 0.29) is 21.5 Å². The number of hydrogen-bond donors (Lipinski definition) is 3. The number of hydrogen-bond acceptors (Lipinski definition) is 4. The average molecular weight is 294 g/mol. The van der Waals surface area contributed by atoms with E-state index in [0.29, 0.717) is 0 Å². The third kappa shape index (κ3) is 4.40. The molecule has 0 saturated carbocycles. The van der Waals surface area contributed by atoms with E-state index >= 15 is 0 Å². The topological polar surface area (TPSA) is 95.9 Å². The number of carbonyl (C=O) groups is 2. The van der Waals surface area contributed by atoms with Gasteiger partial charge in [-0.3, -0.25) is 4.79 Å². The maximum atomic E-state index is 11.3. The summed E-state index contributed by atoms with van der Waals surface area (Å²) in [5.41, 5.74) is 0.270. The molecule has 1 aromatic rings. The number of rotatable bonds is 5. The standard InChI is InChI=1S/C10H9Cl2NO5/c11-6-1-5(2-7(12)10(6)17)13-8(14)3-18-4-9(15)16/h1-2,17H,3-4H2,(H,13,14)(H,15,16). The first kappa shape index (κ1) is 14.6. The summed E-state index contributed by atoms with van der Waals surface area (Å²) in [6, 6.07) is 2.61. The Morgan fingerprint density at radius 2 is 1.78 bits per heavy atom. The molecule has 6 nitrogen and oxygen atoms in total. The third-order valence-electron chi connectivity index (χ3n) is 1.76. The fourth-order valence-corrected chi connectivity index (χ4v) is 1.55. The van der Waals surface area contributed by atoms with E-state index < -0.39 is 25.1 Å². The van der Waals surface area contributed by atoms with E-state index in [1.54, 1.807) is 0 Å². The van der Waals surface area contributed by atoms with Crippen molar-refractivity contribution in [3.63, 3.8) is 0 Å². The number of phenolic OH excluding ortho intramolecular Hbond substituents is 1. The van der Waals surface area contributed by atoms with Crippen LogP contribution >= 0.6 is 23.2 Å². The van der Waals surface area contributed by atoms with Crippen LogP contribution in [0.2, 0.25) is 10.0 Å². The SMILES string of the molecule is O=C(O)COCC(=O)Nc1cc(Cl)c(O)c(Cl)c1. The molecule has 0 radical (unpaired) electrons. The summed E-state index contributed by atoms with van der Waals surface area (Å²) in [4.78, 5) is 21.5. The number of amides is 1. The van der Waals surface area contributed by atoms with Crippen molar-refractivity contribution in [2.45, 2.75) is 0 Å². The van der Waals surface area contributed by atoms with Crippen molar-refractivity contribution in [2.24, 2.45) is 0 Å². The molecule has 0 atom stereocenters. The van der Waals surface area contributed by atoms with Crippen molar-refractivity contribution in [2.75, 3.05) is 18.5 Å². The molecule has 0 unspecified atom stereocenters. The Morgan fingerprint density at radius 3 is 2.28 bits per heavy atom. The van der Waals surface area contributed by atoms with E-state index in [4.69, 9.17) is 28.3 Å². The van der Waals surface area contributed by atoms with Gasteiger partial charge in [0, 0.05) is 5.69 Å². The molecule has 98 valence electrons. The van der Waals surface area contributed by atoms with Gasteiger partial charge < -0.3 is 20.3 Å². The van der Waals surface area contributed by atoms with E-state index in [1.807, 2.05) is 0 Å². The van der Waals surface area contributed by atoms with Gasteiger partial charge in [0.15, 0.2) is 5.75 Å². The van der Waals surface area contributed by atoms with Gasteiger partial charge in [0.2, 0.25) is 5.91 Å². The van der Waals surface area contributed by atoms with Crippen molar-refractivity contribution < 1.29 is 24.5 Å². The van der Waals surface area contributed by atoms with Crippen LogP contribution in [0.1, 0.15) is 0 Å². The molecular weight excluding hydrogens is 285 g/mol. The van der Waals surface area contributed by atoms with Gasteiger partial charge in [-0.15, -0.1) is 0 Å². The number of benzene rings is 1. The molecule has 18 heavy (non-hydrogen) atoms. The van der Waals surface area contributed by atoms with Gasteiger partial charge >= 0.3 is 5.97 Å². The Labute approximate surface area is 112 Å². The second-order valence-corrected chi connectivity index (χ2v) is 4.04. The van der Waals surface area contributed by atoms with Crippen LogP contribution in [0, 0.1) is 0 Å². The number of anilines is 1. The van der Waals surface area contributed by atoms with E-state index in [1.165, 1.54) is 12.1 Å². The van der Waals surface area contributed by atoms with Gasteiger partial charge in [-0.2, -0.15) is 0 Å². The van der Waals surface area contributed by atoms with Gasteiger partial charge in [0.05, 0.1) is 10.0 Å². The molecule has 1 aromatic carbocycles. The first-order valence-corrected chi connectivity index (χ1v) is 5.43. The first-order valence-electron chi connectivity index (χ1n) is 4.67. The van der Waals surface area contributed by atoms with Crippen molar-refractivity contribution in [3.8, 4) is 5.75 Å². The molecule has 0 heterocycles. The summed E-state index contributed by atoms with van der Waals surface area (Å²) in [6.45, 7) is -0.979. The minimum absolute atomic E-state index is 0.00995. The van der Waals surface area contributed by atoms with Gasteiger partial charge in [0.1, 0.15) is 13.2 Å². The highest BCUT2D eigenvalue weighted by atomic mass is 35.5. The maximum absolute atomic E-state index is 11.3. The molecule has 0 aromatic heterocycles. The Balaban J connectivity index is 2.57. The quantitative estimate of drug-likeness (QED) is 0.719. The lowest BCUT2D eigenvalue weighted by molar-refractivity contribution is -0.143. The molecular formula is C10H9Cl2NO5. The molecule has 0 aliphatic carbocycles. The number of phenols is 1. The molecule has 0 aliphatic rings. The van der Waals surface area contributed by atoms with Gasteiger partial charge in [-0.1, -0.05) is 23.2 Å². The molecule has 0 fully saturated rings. The predicted molar refractivity (Wildman–Crippen MR) is 65.2 cm³/mol. The Morgan fingerprint density at radius 1 is 1.22 bits per heavy atom. The molecule has 0 spiro atoms. The number of nitrogens with one attached hydrogen (secondary N) is 1. The van der Waals surface area contributed by atoms with Gasteiger partial charge in [0.25, 0.3) is 0 Å². The molecule has 0 saturated heterocycles. The van der Waals surface area contributed by atoms with Crippen molar-refractivity contribution >= 4 is 40.8 Å². The fourth-order valence-electron chi connectivity index (χ4n) is 1.07. The van der Waals surface area contributed by atoms with Crippen LogP contribution in [0.4, 0.5) is 5.69 Å². The number of halogens is 2. The van der Waals surface area contributed by atoms with Crippen LogP contribution < -0.4 is 5.32 Å². The highest BCUT2D eigenvalue weighted by molar-refractivity contribution is 6.37. The van der Waals surface area contributed by atoms with Crippen LogP contribution in [-0.2, 0) is 14.3 Å². The summed E-state index contributed by atoms with van der Waals surface area (Å²) in [6.07, 6.45) is 0. The molecule has 1 amide bonds. The number of carboxylic acids is 1. The second kappa shape index (κ2) is 6.44.